The van der Waals surface area contributed by atoms with Crippen LogP contribution in [0.5, 0.6) is 0 Å². The largest absolute Gasteiger partial charge is 0.459 e. The Morgan fingerprint density at radius 2 is 0.867 bits per heavy atom. The van der Waals surface area contributed by atoms with E-state index in [1.807, 2.05) is 13.8 Å². The minimum atomic E-state index is -2.32. The molecular weight excluding hydrogens is 568 g/mol. The van der Waals surface area contributed by atoms with E-state index in [0.29, 0.717) is 53.3 Å². The highest BCUT2D eigenvalue weighted by Gasteiger charge is 2.56. The van der Waals surface area contributed by atoms with Crippen molar-refractivity contribution in [1.82, 2.24) is 0 Å². The van der Waals surface area contributed by atoms with Crippen molar-refractivity contribution < 1.29 is 33.7 Å². The smallest absolute Gasteiger partial charge is 0.339 e. The summed E-state index contributed by atoms with van der Waals surface area (Å²) in [5.74, 6) is 3.04. The molecule has 0 aromatic carbocycles. The average Bonchev–Trinajstić information content (AvgIpc) is 2.84. The predicted molar refractivity (Wildman–Crippen MR) is 169 cm³/mol. The normalized spacial score (nSPS) is 47.8. The molecule has 0 aromatic heterocycles. The Bertz CT molecular complexity index is 1050. The Hall–Kier alpha value is -1.63. The lowest BCUT2D eigenvalue weighted by Crippen LogP contribution is -2.56. The molecule has 0 saturated heterocycles. The summed E-state index contributed by atoms with van der Waals surface area (Å²) in [6.45, 7) is 8.62. The van der Waals surface area contributed by atoms with Crippen LogP contribution in [0.3, 0.4) is 0 Å². The Labute approximate surface area is 270 Å². The zero-order chi connectivity index (χ0) is 31.8. The van der Waals surface area contributed by atoms with Gasteiger partial charge in [0.05, 0.1) is 12.8 Å². The molecule has 0 aromatic rings. The lowest BCUT2D eigenvalue weighted by atomic mass is 9.54. The Morgan fingerprint density at radius 3 is 1.20 bits per heavy atom. The number of carbonyl (C=O) groups is 3. The minimum absolute atomic E-state index is 0.527. The first-order chi connectivity index (χ1) is 21.2. The van der Waals surface area contributed by atoms with Crippen LogP contribution in [0.4, 0.5) is 0 Å². The summed E-state index contributed by atoms with van der Waals surface area (Å²) >= 11 is 0. The zero-order valence-electron chi connectivity index (χ0n) is 28.3. The quantitative estimate of drug-likeness (QED) is 0.223. The van der Waals surface area contributed by atoms with Crippen LogP contribution in [0.15, 0.2) is 0 Å². The summed E-state index contributed by atoms with van der Waals surface area (Å²) in [7, 11) is 0. The van der Waals surface area contributed by atoms with Gasteiger partial charge >= 0.3 is 17.9 Å². The molecule has 8 aliphatic rings. The van der Waals surface area contributed by atoms with Crippen molar-refractivity contribution in [1.29, 1.82) is 0 Å². The molecule has 8 fully saturated rings. The van der Waals surface area contributed by atoms with Gasteiger partial charge in [0.15, 0.2) is 5.60 Å². The maximum atomic E-state index is 14.1. The summed E-state index contributed by atoms with van der Waals surface area (Å²) in [5, 5.41) is 12.1. The van der Waals surface area contributed by atoms with Gasteiger partial charge in [-0.15, -0.1) is 0 Å². The minimum Gasteiger partial charge on any atom is -0.459 e. The monoisotopic (exact) mass is 626 g/mol. The van der Waals surface area contributed by atoms with E-state index in [2.05, 4.69) is 13.8 Å². The van der Waals surface area contributed by atoms with E-state index in [1.165, 1.54) is 32.1 Å². The molecule has 7 heteroatoms. The number of rotatable bonds is 8. The summed E-state index contributed by atoms with van der Waals surface area (Å²) in [6, 6.07) is 0. The van der Waals surface area contributed by atoms with Crippen LogP contribution >= 0.6 is 0 Å². The third-order valence-electron chi connectivity index (χ3n) is 13.4. The van der Waals surface area contributed by atoms with E-state index in [9.17, 15) is 19.5 Å². The van der Waals surface area contributed by atoms with Crippen LogP contribution in [-0.4, -0.2) is 45.4 Å². The van der Waals surface area contributed by atoms with E-state index >= 15 is 0 Å². The van der Waals surface area contributed by atoms with Crippen LogP contribution in [-0.2, 0) is 28.6 Å². The summed E-state index contributed by atoms with van der Waals surface area (Å²) in [6.07, 6.45) is 15.0. The highest BCUT2D eigenvalue weighted by molar-refractivity contribution is 5.90. The van der Waals surface area contributed by atoms with Gasteiger partial charge in [0.2, 0.25) is 0 Å². The van der Waals surface area contributed by atoms with Gasteiger partial charge in [-0.2, -0.15) is 0 Å². The molecule has 0 spiro atoms. The van der Waals surface area contributed by atoms with Crippen molar-refractivity contribution in [2.75, 3.05) is 0 Å². The highest BCUT2D eigenvalue weighted by Crippen LogP contribution is 2.57. The second kappa shape index (κ2) is 11.5. The van der Waals surface area contributed by atoms with Crippen LogP contribution in [0.25, 0.3) is 0 Å². The van der Waals surface area contributed by atoms with Crippen molar-refractivity contribution in [2.45, 2.75) is 166 Å². The third kappa shape index (κ3) is 6.85. The summed E-state index contributed by atoms with van der Waals surface area (Å²) < 4.78 is 18.6. The van der Waals surface area contributed by atoms with E-state index in [-0.39, 0.29) is 0 Å². The number of aliphatic hydroxyl groups is 1. The number of ether oxygens (including phenoxy) is 3. The second-order valence-electron chi connectivity index (χ2n) is 18.6. The Balaban J connectivity index is 1.06. The van der Waals surface area contributed by atoms with Gasteiger partial charge in [-0.05, 0) is 170 Å². The fourth-order valence-corrected chi connectivity index (χ4v) is 13.0. The first kappa shape index (κ1) is 31.9. The molecule has 45 heavy (non-hydrogen) atoms. The molecule has 8 rings (SSSR count). The van der Waals surface area contributed by atoms with Crippen LogP contribution in [0.2, 0.25) is 0 Å². The van der Waals surface area contributed by atoms with Crippen LogP contribution < -0.4 is 0 Å². The lowest BCUT2D eigenvalue weighted by molar-refractivity contribution is -0.212. The molecule has 0 radical (unpaired) electrons. The molecular formula is C38H58O7. The number of carbonyl (C=O) groups excluding carboxylic acids is 3. The van der Waals surface area contributed by atoms with E-state index in [1.54, 1.807) is 0 Å². The molecule has 4 unspecified atom stereocenters. The maximum absolute atomic E-state index is 14.1. The molecule has 7 nitrogen and oxygen atoms in total. The van der Waals surface area contributed by atoms with Crippen LogP contribution in [0.1, 0.15) is 143 Å². The van der Waals surface area contributed by atoms with Gasteiger partial charge < -0.3 is 19.3 Å². The standard InChI is InChI=1S/C38H58O7/c1-23-5-25-9-26(6-23)15-35(3,14-25)43-32(39)21-38(42,34(41)45-37-18-29-11-30(19-37)13-31(12-29)20-37)22-33(40)44-36(4)16-27-7-24(2)8-28(10-27)17-36/h23-31,42H,5-22H2,1-4H3. The molecule has 8 bridgehead atoms. The lowest BCUT2D eigenvalue weighted by Gasteiger charge is -2.56. The SMILES string of the molecule is CC1CC2CC(C1)CC(C)(OC(=O)CC(O)(CC(=O)OC1(C)CC3CC(C)CC(C3)C1)C(=O)OC13CC4CC(CC(C4)C1)C3)C2. The first-order valence-corrected chi connectivity index (χ1v) is 18.6. The maximum Gasteiger partial charge on any atom is 0.339 e. The molecule has 8 saturated carbocycles. The molecule has 4 atom stereocenters. The van der Waals surface area contributed by atoms with Crippen molar-refractivity contribution in [2.24, 2.45) is 53.3 Å². The van der Waals surface area contributed by atoms with Gasteiger partial charge in [-0.3, -0.25) is 9.59 Å². The van der Waals surface area contributed by atoms with Crippen molar-refractivity contribution in [3.63, 3.8) is 0 Å². The fraction of sp³-hybridized carbons (Fsp3) is 0.921. The molecule has 252 valence electrons. The van der Waals surface area contributed by atoms with Crippen molar-refractivity contribution >= 4 is 17.9 Å². The van der Waals surface area contributed by atoms with Gasteiger partial charge in [0.25, 0.3) is 0 Å². The molecule has 0 aliphatic heterocycles. The van der Waals surface area contributed by atoms with Crippen molar-refractivity contribution in [3.8, 4) is 0 Å². The van der Waals surface area contributed by atoms with E-state index < -0.39 is 53.2 Å². The fourth-order valence-electron chi connectivity index (χ4n) is 13.0. The predicted octanol–water partition coefficient (Wildman–Crippen LogP) is 7.31. The Kier molecular flexibility index (Phi) is 8.17. The van der Waals surface area contributed by atoms with Gasteiger partial charge in [-0.25, -0.2) is 4.79 Å². The number of hydrogen-bond donors (Lipinski definition) is 1. The van der Waals surface area contributed by atoms with Gasteiger partial charge in [0.1, 0.15) is 16.8 Å². The van der Waals surface area contributed by atoms with Crippen LogP contribution in [0, 0.1) is 53.3 Å². The van der Waals surface area contributed by atoms with E-state index in [4.69, 9.17) is 14.2 Å². The topological polar surface area (TPSA) is 99.1 Å². The van der Waals surface area contributed by atoms with Crippen molar-refractivity contribution in [3.05, 3.63) is 0 Å². The van der Waals surface area contributed by atoms with E-state index in [0.717, 1.165) is 70.6 Å². The van der Waals surface area contributed by atoms with Gasteiger partial charge in [-0.1, -0.05) is 13.8 Å². The molecule has 1 N–H and O–H groups in total. The average molecular weight is 627 g/mol. The number of fused-ring (bicyclic) bond motifs is 4. The van der Waals surface area contributed by atoms with Gasteiger partial charge in [0, 0.05) is 0 Å². The second-order valence-corrected chi connectivity index (χ2v) is 18.6. The zero-order valence-corrected chi connectivity index (χ0v) is 28.3. The highest BCUT2D eigenvalue weighted by atomic mass is 16.6. The summed E-state index contributed by atoms with van der Waals surface area (Å²) in [4.78, 5) is 41.3. The third-order valence-corrected chi connectivity index (χ3v) is 13.4. The molecule has 8 aliphatic carbocycles. The number of esters is 3. The number of hydrogen-bond acceptors (Lipinski definition) is 7. The Morgan fingerprint density at radius 1 is 0.556 bits per heavy atom. The molecule has 0 heterocycles. The first-order valence-electron chi connectivity index (χ1n) is 18.6. The summed E-state index contributed by atoms with van der Waals surface area (Å²) in [5.41, 5.74) is -4.16. The molecule has 0 amide bonds.